The van der Waals surface area contributed by atoms with Gasteiger partial charge in [-0.05, 0) is 4.57 Å². The highest BCUT2D eigenvalue weighted by atomic mass is 31.1. The van der Waals surface area contributed by atoms with Gasteiger partial charge < -0.3 is 0 Å². The summed E-state index contributed by atoms with van der Waals surface area (Å²) in [6, 6.07) is 0. The molecular formula is C2H6O2P+. The number of hydrogen-bond acceptors (Lipinski definition) is 2. The van der Waals surface area contributed by atoms with Crippen molar-refractivity contribution in [1.29, 1.82) is 0 Å². The first kappa shape index (κ1) is 5.06. The molecule has 0 radical (unpaired) electrons. The van der Waals surface area contributed by atoms with E-state index in [4.69, 9.17) is 0 Å². The van der Waals surface area contributed by atoms with Crippen LogP contribution in [0.15, 0.2) is 0 Å². The van der Waals surface area contributed by atoms with Gasteiger partial charge in [-0.15, -0.1) is 4.52 Å². The largest absolute Gasteiger partial charge is 0.504 e. The molecule has 0 spiro atoms. The summed E-state index contributed by atoms with van der Waals surface area (Å²) in [5, 5.41) is 0. The molecule has 0 heterocycles. The van der Waals surface area contributed by atoms with Crippen molar-refractivity contribution >= 4 is 8.03 Å². The van der Waals surface area contributed by atoms with E-state index in [0.717, 1.165) is 0 Å². The van der Waals surface area contributed by atoms with Crippen LogP contribution in [0.25, 0.3) is 0 Å². The second-order valence-corrected chi connectivity index (χ2v) is 1.87. The van der Waals surface area contributed by atoms with Crippen molar-refractivity contribution in [3.8, 4) is 0 Å². The van der Waals surface area contributed by atoms with E-state index in [1.54, 1.807) is 0 Å². The van der Waals surface area contributed by atoms with Crippen LogP contribution in [-0.4, -0.2) is 13.8 Å². The second-order valence-electron chi connectivity index (χ2n) is 0.622. The fraction of sp³-hybridized carbons (Fsp3) is 1.00. The Bertz CT molecular complexity index is 42.9. The van der Waals surface area contributed by atoms with Crippen molar-refractivity contribution in [2.24, 2.45) is 0 Å². The third-order valence-corrected chi connectivity index (χ3v) is 0.771. The van der Waals surface area contributed by atoms with Gasteiger partial charge in [-0.3, -0.25) is 0 Å². The summed E-state index contributed by atoms with van der Waals surface area (Å²) in [5.41, 5.74) is 0. The fourth-order valence-corrected chi connectivity index (χ4v) is 0. The van der Waals surface area contributed by atoms with Gasteiger partial charge in [-0.1, -0.05) is 0 Å². The van der Waals surface area contributed by atoms with Crippen LogP contribution in [0, 0.1) is 0 Å². The maximum absolute atomic E-state index is 9.74. The van der Waals surface area contributed by atoms with Gasteiger partial charge in [0.1, 0.15) is 0 Å². The van der Waals surface area contributed by atoms with Gasteiger partial charge in [-0.2, -0.15) is 0 Å². The lowest BCUT2D eigenvalue weighted by Crippen LogP contribution is -1.56. The van der Waals surface area contributed by atoms with Gasteiger partial charge in [0.15, 0.2) is 6.66 Å². The van der Waals surface area contributed by atoms with Crippen LogP contribution >= 0.6 is 8.03 Å². The molecule has 0 saturated heterocycles. The second kappa shape index (κ2) is 2.31. The lowest BCUT2D eigenvalue weighted by molar-refractivity contribution is 0.419. The maximum Gasteiger partial charge on any atom is 0.504 e. The standard InChI is InChI=1S/C2H6O2P/c1-4-5(2)3/h1-2H3/q+1. The van der Waals surface area contributed by atoms with Crippen molar-refractivity contribution in [2.75, 3.05) is 13.8 Å². The van der Waals surface area contributed by atoms with Gasteiger partial charge in [0.2, 0.25) is 0 Å². The predicted octanol–water partition coefficient (Wildman–Crippen LogP) is 1.00. The van der Waals surface area contributed by atoms with Crippen LogP contribution in [0.4, 0.5) is 0 Å². The van der Waals surface area contributed by atoms with Crippen molar-refractivity contribution in [3.05, 3.63) is 0 Å². The minimum absolute atomic E-state index is 1.35. The van der Waals surface area contributed by atoms with Crippen LogP contribution in [0.3, 0.4) is 0 Å². The Morgan fingerprint density at radius 3 is 2.00 bits per heavy atom. The molecule has 0 aromatic heterocycles. The average Bonchev–Trinajstić information content (AvgIpc) is 1.38. The third kappa shape index (κ3) is 4.06. The van der Waals surface area contributed by atoms with E-state index < -0.39 is 8.03 Å². The zero-order chi connectivity index (χ0) is 4.28. The van der Waals surface area contributed by atoms with Gasteiger partial charge >= 0.3 is 8.03 Å². The highest BCUT2D eigenvalue weighted by Gasteiger charge is 1.96. The molecule has 0 fully saturated rings. The topological polar surface area (TPSA) is 26.3 Å². The Labute approximate surface area is 32.0 Å². The number of rotatable bonds is 1. The number of hydrogen-bond donors (Lipinski definition) is 0. The zero-order valence-corrected chi connectivity index (χ0v) is 4.16. The molecule has 0 bridgehead atoms. The summed E-state index contributed by atoms with van der Waals surface area (Å²) >= 11 is 0. The molecule has 1 unspecified atom stereocenters. The third-order valence-electron chi connectivity index (χ3n) is 0.257. The lowest BCUT2D eigenvalue weighted by atomic mass is 11.8. The molecule has 0 amide bonds. The minimum atomic E-state index is -1.35. The Balaban J connectivity index is 2.85. The molecule has 0 aliphatic heterocycles. The van der Waals surface area contributed by atoms with E-state index in [1.165, 1.54) is 13.8 Å². The Morgan fingerprint density at radius 1 is 1.80 bits per heavy atom. The molecule has 30 valence electrons. The molecule has 5 heavy (non-hydrogen) atoms. The highest BCUT2D eigenvalue weighted by molar-refractivity contribution is 7.38. The first-order chi connectivity index (χ1) is 2.27. The lowest BCUT2D eigenvalue weighted by Gasteiger charge is -1.58. The monoisotopic (exact) mass is 93.0 g/mol. The van der Waals surface area contributed by atoms with Crippen LogP contribution in [0.2, 0.25) is 0 Å². The van der Waals surface area contributed by atoms with Gasteiger partial charge in [0, 0.05) is 0 Å². The van der Waals surface area contributed by atoms with Crippen molar-refractivity contribution in [2.45, 2.75) is 0 Å². The smallest absolute Gasteiger partial charge is 0.150 e. The molecule has 0 saturated carbocycles. The predicted molar refractivity (Wildman–Crippen MR) is 20.5 cm³/mol. The zero-order valence-electron chi connectivity index (χ0n) is 3.26. The quantitative estimate of drug-likeness (QED) is 0.452. The van der Waals surface area contributed by atoms with Crippen LogP contribution < -0.4 is 0 Å². The Morgan fingerprint density at radius 2 is 2.00 bits per heavy atom. The minimum Gasteiger partial charge on any atom is -0.150 e. The van der Waals surface area contributed by atoms with Crippen molar-refractivity contribution in [1.82, 2.24) is 0 Å². The molecule has 2 nitrogen and oxygen atoms in total. The van der Waals surface area contributed by atoms with Crippen molar-refractivity contribution in [3.63, 3.8) is 0 Å². The summed E-state index contributed by atoms with van der Waals surface area (Å²) in [7, 11) is 0.0671. The molecule has 0 rings (SSSR count). The highest BCUT2D eigenvalue weighted by Crippen LogP contribution is 2.10. The van der Waals surface area contributed by atoms with E-state index in [9.17, 15) is 4.57 Å². The van der Waals surface area contributed by atoms with Crippen LogP contribution in [0.1, 0.15) is 0 Å². The molecular weight excluding hydrogens is 87.0 g/mol. The summed E-state index contributed by atoms with van der Waals surface area (Å²) in [6.07, 6.45) is 0. The van der Waals surface area contributed by atoms with Gasteiger partial charge in [-0.25, -0.2) is 0 Å². The molecule has 3 heteroatoms. The summed E-state index contributed by atoms with van der Waals surface area (Å²) < 4.78 is 14.0. The van der Waals surface area contributed by atoms with E-state index in [-0.39, 0.29) is 0 Å². The molecule has 0 aliphatic carbocycles. The van der Waals surface area contributed by atoms with E-state index in [2.05, 4.69) is 4.52 Å². The Hall–Kier alpha value is 0.0600. The molecule has 0 aliphatic rings. The molecule has 0 aromatic rings. The first-order valence-corrected chi connectivity index (χ1v) is 2.85. The summed E-state index contributed by atoms with van der Waals surface area (Å²) in [4.78, 5) is 0. The first-order valence-electron chi connectivity index (χ1n) is 1.22. The average molecular weight is 93.0 g/mol. The molecule has 0 aromatic carbocycles. The van der Waals surface area contributed by atoms with E-state index >= 15 is 0 Å². The van der Waals surface area contributed by atoms with Gasteiger partial charge in [0.25, 0.3) is 0 Å². The summed E-state index contributed by atoms with van der Waals surface area (Å²) in [5.74, 6) is 0. The molecule has 0 N–H and O–H groups in total. The van der Waals surface area contributed by atoms with Crippen LogP contribution in [0.5, 0.6) is 0 Å². The van der Waals surface area contributed by atoms with E-state index in [1.807, 2.05) is 0 Å². The summed E-state index contributed by atoms with van der Waals surface area (Å²) in [6.45, 7) is 1.51. The maximum atomic E-state index is 9.74. The SMILES string of the molecule is CO[P+](C)=O. The van der Waals surface area contributed by atoms with E-state index in [0.29, 0.717) is 0 Å². The van der Waals surface area contributed by atoms with Gasteiger partial charge in [0.05, 0.1) is 7.11 Å². The Kier molecular flexibility index (Phi) is 2.33. The van der Waals surface area contributed by atoms with Crippen LogP contribution in [-0.2, 0) is 9.09 Å². The molecule has 1 atom stereocenters. The fourth-order valence-electron chi connectivity index (χ4n) is 0. The normalized spacial score (nSPS) is 11.2. The van der Waals surface area contributed by atoms with Crippen molar-refractivity contribution < 1.29 is 9.09 Å².